The van der Waals surface area contributed by atoms with E-state index in [-0.39, 0.29) is 23.6 Å². The summed E-state index contributed by atoms with van der Waals surface area (Å²) in [4.78, 5) is 16.4. The number of carbonyl (C=O) groups excluding carboxylic acids is 1. The van der Waals surface area contributed by atoms with Gasteiger partial charge in [-0.05, 0) is 54.3 Å². The van der Waals surface area contributed by atoms with Gasteiger partial charge in [0.25, 0.3) is 0 Å². The van der Waals surface area contributed by atoms with Gasteiger partial charge in [0, 0.05) is 22.9 Å². The summed E-state index contributed by atoms with van der Waals surface area (Å²) in [5.41, 5.74) is 2.90. The van der Waals surface area contributed by atoms with Crippen LogP contribution in [0.15, 0.2) is 60.2 Å². The number of halogens is 1. The standard InChI is InChI=1S/C20H15FN4OS/c21-14-2-4-15(5-3-14)25-18-6-1-12(9-13(18)11-23-25)16-10-17(16)19(26)24-20-22-7-8-27-20/h1-9,11,16-17H,10H2,(H,22,24,26). The number of anilines is 1. The summed E-state index contributed by atoms with van der Waals surface area (Å²) in [7, 11) is 0. The average molecular weight is 378 g/mol. The molecule has 2 atom stereocenters. The summed E-state index contributed by atoms with van der Waals surface area (Å²) in [5.74, 6) is -0.0348. The SMILES string of the molecule is O=C(Nc1nccs1)C1CC1c1ccc2c(cnn2-c2ccc(F)cc2)c1. The molecule has 2 heterocycles. The molecule has 2 unspecified atom stereocenters. The first-order valence-corrected chi connectivity index (χ1v) is 9.51. The van der Waals surface area contributed by atoms with Crippen molar-refractivity contribution in [1.29, 1.82) is 0 Å². The van der Waals surface area contributed by atoms with Gasteiger partial charge in [-0.25, -0.2) is 14.1 Å². The highest BCUT2D eigenvalue weighted by Crippen LogP contribution is 2.48. The van der Waals surface area contributed by atoms with Crippen LogP contribution < -0.4 is 5.32 Å². The first-order valence-electron chi connectivity index (χ1n) is 8.63. The Kier molecular flexibility index (Phi) is 3.75. The van der Waals surface area contributed by atoms with Gasteiger partial charge in [0.1, 0.15) is 5.82 Å². The Labute approximate surface area is 158 Å². The molecule has 0 aliphatic heterocycles. The van der Waals surface area contributed by atoms with Crippen molar-refractivity contribution in [3.05, 3.63) is 71.6 Å². The van der Waals surface area contributed by atoms with Crippen LogP contribution in [0.25, 0.3) is 16.6 Å². The zero-order chi connectivity index (χ0) is 18.4. The van der Waals surface area contributed by atoms with E-state index in [0.29, 0.717) is 5.13 Å². The van der Waals surface area contributed by atoms with Crippen LogP contribution in [0.5, 0.6) is 0 Å². The lowest BCUT2D eigenvalue weighted by Gasteiger charge is -2.05. The van der Waals surface area contributed by atoms with Gasteiger partial charge in [-0.1, -0.05) is 6.07 Å². The molecule has 1 aliphatic rings. The van der Waals surface area contributed by atoms with E-state index in [1.165, 1.54) is 23.5 Å². The van der Waals surface area contributed by atoms with E-state index in [1.54, 1.807) is 29.2 Å². The number of nitrogens with one attached hydrogen (secondary N) is 1. The predicted molar refractivity (Wildman–Crippen MR) is 103 cm³/mol. The molecule has 0 bridgehead atoms. The number of rotatable bonds is 4. The van der Waals surface area contributed by atoms with E-state index >= 15 is 0 Å². The normalized spacial score (nSPS) is 18.6. The molecular weight excluding hydrogens is 363 g/mol. The van der Waals surface area contributed by atoms with Crippen LogP contribution in [-0.2, 0) is 4.79 Å². The van der Waals surface area contributed by atoms with Crippen molar-refractivity contribution in [2.75, 3.05) is 5.32 Å². The van der Waals surface area contributed by atoms with Gasteiger partial charge >= 0.3 is 0 Å². The van der Waals surface area contributed by atoms with Gasteiger partial charge in [0.2, 0.25) is 5.91 Å². The fourth-order valence-electron chi connectivity index (χ4n) is 3.41. The van der Waals surface area contributed by atoms with E-state index in [2.05, 4.69) is 21.5 Å². The number of benzene rings is 2. The molecule has 1 aliphatic carbocycles. The van der Waals surface area contributed by atoms with Crippen LogP contribution in [0, 0.1) is 11.7 Å². The molecule has 0 radical (unpaired) electrons. The summed E-state index contributed by atoms with van der Waals surface area (Å²) >= 11 is 1.42. The zero-order valence-electron chi connectivity index (χ0n) is 14.2. The number of hydrogen-bond donors (Lipinski definition) is 1. The number of fused-ring (bicyclic) bond motifs is 1. The summed E-state index contributed by atoms with van der Waals surface area (Å²) in [6.07, 6.45) is 4.32. The van der Waals surface area contributed by atoms with Crippen LogP contribution in [0.2, 0.25) is 0 Å². The van der Waals surface area contributed by atoms with Crippen molar-refractivity contribution in [1.82, 2.24) is 14.8 Å². The number of amides is 1. The van der Waals surface area contributed by atoms with Gasteiger partial charge in [0.05, 0.1) is 17.4 Å². The molecule has 7 heteroatoms. The summed E-state index contributed by atoms with van der Waals surface area (Å²) in [5, 5.41) is 10.8. The molecule has 0 spiro atoms. The highest BCUT2D eigenvalue weighted by Gasteiger charge is 2.44. The van der Waals surface area contributed by atoms with Crippen LogP contribution in [0.3, 0.4) is 0 Å². The molecule has 1 N–H and O–H groups in total. The van der Waals surface area contributed by atoms with Gasteiger partial charge in [0.15, 0.2) is 5.13 Å². The topological polar surface area (TPSA) is 59.8 Å². The molecule has 1 amide bonds. The van der Waals surface area contributed by atoms with Crippen LogP contribution in [-0.4, -0.2) is 20.7 Å². The van der Waals surface area contributed by atoms with E-state index in [9.17, 15) is 9.18 Å². The number of nitrogens with zero attached hydrogens (tertiary/aromatic N) is 3. The maximum Gasteiger partial charge on any atom is 0.229 e. The Morgan fingerprint density at radius 3 is 2.85 bits per heavy atom. The van der Waals surface area contributed by atoms with Crippen LogP contribution >= 0.6 is 11.3 Å². The molecule has 134 valence electrons. The molecule has 2 aromatic heterocycles. The Bertz CT molecular complexity index is 1120. The largest absolute Gasteiger partial charge is 0.302 e. The Morgan fingerprint density at radius 1 is 1.22 bits per heavy atom. The Morgan fingerprint density at radius 2 is 2.07 bits per heavy atom. The van der Waals surface area contributed by atoms with Crippen molar-refractivity contribution in [2.45, 2.75) is 12.3 Å². The lowest BCUT2D eigenvalue weighted by atomic mass is 10.1. The molecule has 0 saturated heterocycles. The number of carbonyl (C=O) groups is 1. The Balaban J connectivity index is 1.37. The van der Waals surface area contributed by atoms with Crippen molar-refractivity contribution in [2.24, 2.45) is 5.92 Å². The van der Waals surface area contributed by atoms with Crippen LogP contribution in [0.1, 0.15) is 17.9 Å². The molecule has 5 nitrogen and oxygen atoms in total. The van der Waals surface area contributed by atoms with Crippen molar-refractivity contribution in [3.63, 3.8) is 0 Å². The molecular formula is C20H15FN4OS. The van der Waals surface area contributed by atoms with E-state index in [4.69, 9.17) is 0 Å². The van der Waals surface area contributed by atoms with Gasteiger partial charge in [-0.3, -0.25) is 4.79 Å². The van der Waals surface area contributed by atoms with E-state index < -0.39 is 0 Å². The first-order chi connectivity index (χ1) is 13.2. The minimum atomic E-state index is -0.270. The number of hydrogen-bond acceptors (Lipinski definition) is 4. The number of aromatic nitrogens is 3. The van der Waals surface area contributed by atoms with Gasteiger partial charge < -0.3 is 5.32 Å². The molecule has 1 fully saturated rings. The second-order valence-electron chi connectivity index (χ2n) is 6.63. The highest BCUT2D eigenvalue weighted by atomic mass is 32.1. The minimum Gasteiger partial charge on any atom is -0.302 e. The quantitative estimate of drug-likeness (QED) is 0.574. The average Bonchev–Trinajstić information content (AvgIpc) is 3.11. The molecule has 4 aromatic rings. The van der Waals surface area contributed by atoms with E-state index in [1.807, 2.05) is 17.5 Å². The molecule has 1 saturated carbocycles. The lowest BCUT2D eigenvalue weighted by molar-refractivity contribution is -0.117. The molecule has 5 rings (SSSR count). The van der Waals surface area contributed by atoms with Crippen molar-refractivity contribution >= 4 is 33.3 Å². The fraction of sp³-hybridized carbons (Fsp3) is 0.150. The second kappa shape index (κ2) is 6.28. The first kappa shape index (κ1) is 16.1. The van der Waals surface area contributed by atoms with E-state index in [0.717, 1.165) is 28.6 Å². The molecule has 2 aromatic carbocycles. The smallest absolute Gasteiger partial charge is 0.229 e. The minimum absolute atomic E-state index is 0.0153. The highest BCUT2D eigenvalue weighted by molar-refractivity contribution is 7.13. The summed E-state index contributed by atoms with van der Waals surface area (Å²) in [6, 6.07) is 12.4. The summed E-state index contributed by atoms with van der Waals surface area (Å²) in [6.45, 7) is 0. The van der Waals surface area contributed by atoms with Crippen molar-refractivity contribution in [3.8, 4) is 5.69 Å². The molecule has 27 heavy (non-hydrogen) atoms. The fourth-order valence-corrected chi connectivity index (χ4v) is 3.94. The van der Waals surface area contributed by atoms with Gasteiger partial charge in [-0.2, -0.15) is 5.10 Å². The maximum atomic E-state index is 13.1. The van der Waals surface area contributed by atoms with Crippen LogP contribution in [0.4, 0.5) is 9.52 Å². The lowest BCUT2D eigenvalue weighted by Crippen LogP contribution is -2.14. The third kappa shape index (κ3) is 3.00. The second-order valence-corrected chi connectivity index (χ2v) is 7.52. The maximum absolute atomic E-state index is 13.1. The monoisotopic (exact) mass is 378 g/mol. The van der Waals surface area contributed by atoms with Crippen molar-refractivity contribution < 1.29 is 9.18 Å². The van der Waals surface area contributed by atoms with Gasteiger partial charge in [-0.15, -0.1) is 11.3 Å². The summed E-state index contributed by atoms with van der Waals surface area (Å²) < 4.78 is 14.9. The third-order valence-corrected chi connectivity index (χ3v) is 5.57. The zero-order valence-corrected chi connectivity index (χ0v) is 15.0. The third-order valence-electron chi connectivity index (χ3n) is 4.88. The number of thiazole rings is 1. The predicted octanol–water partition coefficient (Wildman–Crippen LogP) is 4.36. The Hall–Kier alpha value is -3.06.